The number of hydrogen-bond donors (Lipinski definition) is 0. The van der Waals surface area contributed by atoms with Crippen molar-refractivity contribution in [2.24, 2.45) is 0 Å². The summed E-state index contributed by atoms with van der Waals surface area (Å²) < 4.78 is 22.9. The average molecular weight is 203 g/mol. The Balaban J connectivity index is 3.16. The van der Waals surface area contributed by atoms with Crippen molar-refractivity contribution in [3.8, 4) is 0 Å². The molecule has 74 valence electrons. The van der Waals surface area contributed by atoms with Crippen LogP contribution >= 0.6 is 0 Å². The lowest BCUT2D eigenvalue weighted by atomic mass is 9.93. The number of nitrogens with zero attached hydrogens (tertiary/aromatic N) is 3. The minimum atomic E-state index is -3.30. The van der Waals surface area contributed by atoms with Gasteiger partial charge in [0.25, 0.3) is 10.0 Å². The molecule has 6 heteroatoms. The summed E-state index contributed by atoms with van der Waals surface area (Å²) in [4.78, 5) is 0. The Morgan fingerprint density at radius 1 is 1.38 bits per heavy atom. The second-order valence-corrected chi connectivity index (χ2v) is 5.83. The fourth-order valence-electron chi connectivity index (χ4n) is 0.754. The molecule has 0 amide bonds. The van der Waals surface area contributed by atoms with Crippen LogP contribution in [0.1, 0.15) is 26.5 Å². The van der Waals surface area contributed by atoms with Crippen molar-refractivity contribution in [3.63, 3.8) is 0 Å². The molecule has 1 rings (SSSR count). The van der Waals surface area contributed by atoms with E-state index >= 15 is 0 Å². The predicted molar refractivity (Wildman–Crippen MR) is 49.0 cm³/mol. The molecule has 0 aliphatic carbocycles. The third kappa shape index (κ3) is 2.27. The van der Waals surface area contributed by atoms with Gasteiger partial charge in [-0.25, -0.2) is 8.42 Å². The number of aromatic nitrogens is 3. The highest BCUT2D eigenvalue weighted by Gasteiger charge is 2.19. The Morgan fingerprint density at radius 3 is 2.15 bits per heavy atom. The molecule has 0 aromatic carbocycles. The monoisotopic (exact) mass is 203 g/mol. The van der Waals surface area contributed by atoms with E-state index in [4.69, 9.17) is 0 Å². The second-order valence-electron chi connectivity index (χ2n) is 3.99. The van der Waals surface area contributed by atoms with Crippen molar-refractivity contribution in [2.75, 3.05) is 6.26 Å². The van der Waals surface area contributed by atoms with Crippen LogP contribution in [0, 0.1) is 0 Å². The fourth-order valence-corrected chi connectivity index (χ4v) is 1.21. The van der Waals surface area contributed by atoms with Crippen LogP contribution in [0.2, 0.25) is 0 Å². The largest absolute Gasteiger partial charge is 0.252 e. The van der Waals surface area contributed by atoms with E-state index in [0.717, 1.165) is 10.3 Å². The van der Waals surface area contributed by atoms with E-state index in [1.54, 1.807) is 0 Å². The molecule has 0 bridgehead atoms. The molecule has 0 aliphatic rings. The molecule has 0 N–H and O–H groups in total. The zero-order valence-electron chi connectivity index (χ0n) is 8.14. The first-order chi connectivity index (χ1) is 5.71. The molecule has 0 saturated heterocycles. The summed E-state index contributed by atoms with van der Waals surface area (Å²) in [6, 6.07) is 0. The van der Waals surface area contributed by atoms with Gasteiger partial charge in [-0.15, -0.1) is 9.19 Å². The van der Waals surface area contributed by atoms with E-state index in [2.05, 4.69) is 10.3 Å². The number of hydrogen-bond acceptors (Lipinski definition) is 4. The predicted octanol–water partition coefficient (Wildman–Crippen LogP) is 0.383. The SMILES string of the molecule is CC(C)(C)c1cn(S(C)(=O)=O)nn1. The summed E-state index contributed by atoms with van der Waals surface area (Å²) in [5, 5.41) is 7.32. The minimum Gasteiger partial charge on any atom is -0.205 e. The van der Waals surface area contributed by atoms with Gasteiger partial charge in [-0.05, 0) is 0 Å². The van der Waals surface area contributed by atoms with E-state index in [-0.39, 0.29) is 5.41 Å². The van der Waals surface area contributed by atoms with Gasteiger partial charge in [-0.1, -0.05) is 26.0 Å². The molecule has 1 aromatic heterocycles. The minimum absolute atomic E-state index is 0.178. The highest BCUT2D eigenvalue weighted by Crippen LogP contribution is 2.18. The van der Waals surface area contributed by atoms with Crippen LogP contribution in [0.3, 0.4) is 0 Å². The quantitative estimate of drug-likeness (QED) is 0.662. The third-order valence-corrected chi connectivity index (χ3v) is 2.44. The first-order valence-electron chi connectivity index (χ1n) is 3.84. The van der Waals surface area contributed by atoms with Gasteiger partial charge < -0.3 is 0 Å². The van der Waals surface area contributed by atoms with E-state index in [1.165, 1.54) is 6.20 Å². The van der Waals surface area contributed by atoms with Gasteiger partial charge in [0.15, 0.2) is 0 Å². The van der Waals surface area contributed by atoms with Gasteiger partial charge in [-0.2, -0.15) is 0 Å². The van der Waals surface area contributed by atoms with E-state index < -0.39 is 10.0 Å². The van der Waals surface area contributed by atoms with Gasteiger partial charge in [0.1, 0.15) is 0 Å². The smallest absolute Gasteiger partial charge is 0.205 e. The molecular formula is C7H13N3O2S. The Morgan fingerprint density at radius 2 is 1.92 bits per heavy atom. The van der Waals surface area contributed by atoms with E-state index in [9.17, 15) is 8.42 Å². The lowest BCUT2D eigenvalue weighted by molar-refractivity contribution is 0.566. The van der Waals surface area contributed by atoms with Crippen LogP contribution in [0.25, 0.3) is 0 Å². The van der Waals surface area contributed by atoms with Crippen LogP contribution in [-0.4, -0.2) is 29.1 Å². The van der Waals surface area contributed by atoms with Crippen LogP contribution in [0.15, 0.2) is 6.20 Å². The van der Waals surface area contributed by atoms with Crippen LogP contribution < -0.4 is 0 Å². The lowest BCUT2D eigenvalue weighted by Gasteiger charge is -2.12. The highest BCUT2D eigenvalue weighted by molar-refractivity contribution is 7.89. The summed E-state index contributed by atoms with van der Waals surface area (Å²) in [6.45, 7) is 5.84. The van der Waals surface area contributed by atoms with Gasteiger partial charge >= 0.3 is 0 Å². The van der Waals surface area contributed by atoms with Gasteiger partial charge in [0, 0.05) is 5.41 Å². The lowest BCUT2D eigenvalue weighted by Crippen LogP contribution is -2.12. The Bertz CT molecular complexity index is 400. The maximum atomic E-state index is 11.0. The zero-order chi connectivity index (χ0) is 10.3. The van der Waals surface area contributed by atoms with E-state index in [0.29, 0.717) is 5.69 Å². The van der Waals surface area contributed by atoms with Gasteiger partial charge in [0.05, 0.1) is 18.1 Å². The molecule has 0 atom stereocenters. The van der Waals surface area contributed by atoms with Crippen molar-refractivity contribution in [2.45, 2.75) is 26.2 Å². The van der Waals surface area contributed by atoms with Crippen LogP contribution in [0.4, 0.5) is 0 Å². The molecule has 0 fully saturated rings. The zero-order valence-corrected chi connectivity index (χ0v) is 8.96. The maximum Gasteiger partial charge on any atom is 0.252 e. The molecule has 0 unspecified atom stereocenters. The summed E-state index contributed by atoms with van der Waals surface area (Å²) in [6.07, 6.45) is 2.53. The molecule has 1 heterocycles. The van der Waals surface area contributed by atoms with Crippen molar-refractivity contribution in [1.82, 2.24) is 14.4 Å². The Kier molecular flexibility index (Phi) is 2.19. The van der Waals surface area contributed by atoms with Gasteiger partial charge in [-0.3, -0.25) is 0 Å². The molecule has 0 spiro atoms. The summed E-state index contributed by atoms with van der Waals surface area (Å²) >= 11 is 0. The molecular weight excluding hydrogens is 190 g/mol. The van der Waals surface area contributed by atoms with Gasteiger partial charge in [0.2, 0.25) is 0 Å². The molecule has 5 nitrogen and oxygen atoms in total. The standard InChI is InChI=1S/C7H13N3O2S/c1-7(2,3)6-5-10(9-8-6)13(4,11)12/h5H,1-4H3. The highest BCUT2D eigenvalue weighted by atomic mass is 32.2. The summed E-state index contributed by atoms with van der Waals surface area (Å²) in [5.74, 6) is 0. The normalized spacial score (nSPS) is 13.2. The van der Waals surface area contributed by atoms with Crippen molar-refractivity contribution >= 4 is 10.0 Å². The molecule has 13 heavy (non-hydrogen) atoms. The van der Waals surface area contributed by atoms with Crippen molar-refractivity contribution < 1.29 is 8.42 Å². The van der Waals surface area contributed by atoms with Crippen molar-refractivity contribution in [1.29, 1.82) is 0 Å². The number of rotatable bonds is 1. The van der Waals surface area contributed by atoms with E-state index in [1.807, 2.05) is 20.8 Å². The van der Waals surface area contributed by atoms with Crippen LogP contribution in [-0.2, 0) is 15.4 Å². The first kappa shape index (κ1) is 10.2. The summed E-state index contributed by atoms with van der Waals surface area (Å²) in [7, 11) is -3.30. The first-order valence-corrected chi connectivity index (χ1v) is 5.69. The maximum absolute atomic E-state index is 11.0. The summed E-state index contributed by atoms with van der Waals surface area (Å²) in [5.41, 5.74) is 0.487. The molecule has 0 saturated carbocycles. The molecule has 0 aliphatic heterocycles. The third-order valence-electron chi connectivity index (χ3n) is 1.58. The second kappa shape index (κ2) is 2.80. The fraction of sp³-hybridized carbons (Fsp3) is 0.714. The molecule has 0 radical (unpaired) electrons. The molecule has 1 aromatic rings. The topological polar surface area (TPSA) is 64.8 Å². The Hall–Kier alpha value is -0.910. The Labute approximate surface area is 77.8 Å². The van der Waals surface area contributed by atoms with Crippen molar-refractivity contribution in [3.05, 3.63) is 11.9 Å². The van der Waals surface area contributed by atoms with Crippen LogP contribution in [0.5, 0.6) is 0 Å². The average Bonchev–Trinajstić information content (AvgIpc) is 2.28.